The van der Waals surface area contributed by atoms with E-state index in [9.17, 15) is 51.1 Å². The molecule has 98 heavy (non-hydrogen) atoms. The molecule has 0 heterocycles. The zero-order chi connectivity index (χ0) is 72.2. The molecule has 10 aromatic rings. The summed E-state index contributed by atoms with van der Waals surface area (Å²) < 4.78 is 0. The molecule has 0 aliphatic heterocycles. The van der Waals surface area contributed by atoms with Crippen molar-refractivity contribution in [3.8, 4) is 28.7 Å². The zero-order valence-electron chi connectivity index (χ0n) is 59.4. The van der Waals surface area contributed by atoms with Gasteiger partial charge in [-0.1, -0.05) is 285 Å². The average Bonchev–Trinajstić information content (AvgIpc) is 0.803. The summed E-state index contributed by atoms with van der Waals surface area (Å²) in [6.07, 6.45) is 0. The van der Waals surface area contributed by atoms with Crippen LogP contribution in [0.15, 0.2) is 188 Å². The Morgan fingerprint density at radius 1 is 0.255 bits per heavy atom. The average molecular weight is 1410 g/mol. The number of aromatic hydroxyl groups is 5. The second-order valence-electron chi connectivity index (χ2n) is 27.6. The van der Waals surface area contributed by atoms with Crippen LogP contribution in [0.3, 0.4) is 0 Å². The summed E-state index contributed by atoms with van der Waals surface area (Å²) in [5.41, 5.74) is 14.4. The van der Waals surface area contributed by atoms with Crippen molar-refractivity contribution >= 4 is 95.9 Å². The van der Waals surface area contributed by atoms with Crippen LogP contribution in [0.5, 0.6) is 28.7 Å². The summed E-state index contributed by atoms with van der Waals surface area (Å²) in [4.78, 5) is 0. The van der Waals surface area contributed by atoms with Gasteiger partial charge >= 0.3 is 0 Å². The Balaban J connectivity index is 0.000000194. The van der Waals surface area contributed by atoms with E-state index in [1.807, 2.05) is 193 Å². The smallest absolute Gasteiger partial charge is 0.127 e. The highest BCUT2D eigenvalue weighted by molar-refractivity contribution is 7.57. The molecule has 0 aliphatic carbocycles. The Labute approximate surface area is 591 Å². The molecule has 0 saturated carbocycles. The van der Waals surface area contributed by atoms with Crippen LogP contribution < -0.4 is 53.0 Å². The third kappa shape index (κ3) is 23.4. The maximum atomic E-state index is 10.9. The molecular formula is C83H101O10P5. The first-order valence-electron chi connectivity index (χ1n) is 32.7. The lowest BCUT2D eigenvalue weighted by atomic mass is 9.80. The molecule has 0 fully saturated rings. The molecule has 0 bridgehead atoms. The highest BCUT2D eigenvalue weighted by atomic mass is 31.1. The van der Waals surface area contributed by atoms with Crippen molar-refractivity contribution < 1.29 is 51.1 Å². The Morgan fingerprint density at radius 3 is 1.03 bits per heavy atom. The van der Waals surface area contributed by atoms with Crippen molar-refractivity contribution in [2.45, 2.75) is 153 Å². The Kier molecular flexibility index (Phi) is 30.3. The fourth-order valence-corrected chi connectivity index (χ4v) is 16.7. The molecule has 10 nitrogen and oxygen atoms in total. The van der Waals surface area contributed by atoms with Crippen LogP contribution in [0.2, 0.25) is 0 Å². The van der Waals surface area contributed by atoms with Gasteiger partial charge in [0.2, 0.25) is 0 Å². The van der Waals surface area contributed by atoms with E-state index < -0.39 is 0 Å². The first-order valence-corrected chi connectivity index (χ1v) is 37.7. The summed E-state index contributed by atoms with van der Waals surface area (Å²) in [6.45, 7) is 31.5. The number of hydrogen-bond donors (Lipinski definition) is 10. The minimum atomic E-state index is -0.124. The number of phenolic OH excluding ortho intramolecular Hbond substituents is 5. The van der Waals surface area contributed by atoms with Gasteiger partial charge in [0.15, 0.2) is 0 Å². The van der Waals surface area contributed by atoms with E-state index in [1.54, 1.807) is 12.1 Å². The largest absolute Gasteiger partial charge is 0.507 e. The molecule has 5 atom stereocenters. The van der Waals surface area contributed by atoms with Crippen LogP contribution in [0.1, 0.15) is 140 Å². The molecule has 10 aromatic carbocycles. The molecule has 0 aliphatic rings. The number of rotatable bonds is 15. The molecule has 0 amide bonds. The summed E-state index contributed by atoms with van der Waals surface area (Å²) in [5.74, 6) is 1.76. The first kappa shape index (κ1) is 80.1. The van der Waals surface area contributed by atoms with Gasteiger partial charge in [-0.2, -0.15) is 0 Å². The lowest BCUT2D eigenvalue weighted by Crippen LogP contribution is -2.21. The number of aryl methyl sites for hydroxylation is 6. The Morgan fingerprint density at radius 2 is 0.592 bits per heavy atom. The number of phenols is 5. The monoisotopic (exact) mass is 1410 g/mol. The van der Waals surface area contributed by atoms with Crippen molar-refractivity contribution in [2.75, 3.05) is 0 Å². The minimum absolute atomic E-state index is 0.0173. The van der Waals surface area contributed by atoms with E-state index in [-0.39, 0.29) is 49.3 Å². The fourth-order valence-electron chi connectivity index (χ4n) is 10.3. The van der Waals surface area contributed by atoms with Gasteiger partial charge in [0.25, 0.3) is 0 Å². The van der Waals surface area contributed by atoms with Crippen molar-refractivity contribution in [2.24, 2.45) is 0 Å². The quantitative estimate of drug-likeness (QED) is 0.0440. The highest BCUT2D eigenvalue weighted by Crippen LogP contribution is 2.37. The first-order chi connectivity index (χ1) is 46.3. The number of aliphatic hydroxyl groups excluding tert-OH is 5. The molecule has 10 rings (SSSR count). The van der Waals surface area contributed by atoms with E-state index in [0.717, 1.165) is 120 Å². The molecule has 518 valence electrons. The Hall–Kier alpha value is -6.85. The minimum Gasteiger partial charge on any atom is -0.507 e. The lowest BCUT2D eigenvalue weighted by Gasteiger charge is -2.27. The van der Waals surface area contributed by atoms with Crippen molar-refractivity contribution in [3.63, 3.8) is 0 Å². The maximum Gasteiger partial charge on any atom is 0.127 e. The van der Waals surface area contributed by atoms with Gasteiger partial charge in [-0.25, -0.2) is 0 Å². The second kappa shape index (κ2) is 37.0. The standard InChI is InChI=1S/C21H29O2P.C18H23O2P.2C15H17O2P.C14H15O2P/c1-20(2,3)15-11-16(21(4,5)6)19(23)18(12-15)24-17-10-8-7-9-14(17)13-22;1-12-9-14(18(2,3)4)10-16(17(12)20)21-15-8-6-5-7-13(15)11-19;1-10-4-6-14(12(7-10)9-16)18-15-8-11(2)3-5-13(15)17;1-10-6-7-13(12(8-10)9-16)18-14-5-3-4-11(2)15(14)17;1-10-6-7-13(11(8-10)9-15)17-14-5-3-2-4-12(14)16/h7-12,22-24H,13H2,1-6H3;5-10,19-21H,11H2,1-4H3;2*3-8,16-18H,9H2,1-2H3;2-8,15-17H,9H2,1H3. The molecular weight excluding hydrogens is 1310 g/mol. The Bertz CT molecular complexity index is 4220. The van der Waals surface area contributed by atoms with E-state index in [4.69, 9.17) is 0 Å². The fraction of sp³-hybridized carbons (Fsp3) is 0.277. The number of hydrogen-bond acceptors (Lipinski definition) is 10. The third-order valence-corrected chi connectivity index (χ3v) is 23.4. The van der Waals surface area contributed by atoms with E-state index in [0.29, 0.717) is 71.7 Å². The van der Waals surface area contributed by atoms with Gasteiger partial charge < -0.3 is 51.1 Å². The zero-order valence-corrected chi connectivity index (χ0v) is 64.4. The van der Waals surface area contributed by atoms with Crippen LogP contribution in [0.4, 0.5) is 0 Å². The second-order valence-corrected chi connectivity index (χ2v) is 34.2. The number of para-hydroxylation sites is 2. The van der Waals surface area contributed by atoms with Crippen molar-refractivity contribution in [1.82, 2.24) is 0 Å². The SMILES string of the molecule is CC(C)(C)c1cc(Pc2ccccc2CO)c(O)c(C(C)(C)C)c1.Cc1cc(C(C)(C)C)cc(Pc2ccccc2CO)c1O.Cc1ccc(Pc2cc(C)ccc2O)c(CO)c1.Cc1ccc(Pc2cccc(C)c2O)c(CO)c1.Cc1ccc(Pc2ccccc2O)c(CO)c1. The van der Waals surface area contributed by atoms with Gasteiger partial charge in [-0.15, -0.1) is 0 Å². The lowest BCUT2D eigenvalue weighted by molar-refractivity contribution is 0.282. The summed E-state index contributed by atoms with van der Waals surface area (Å²) >= 11 is 0. The molecule has 0 spiro atoms. The number of benzene rings is 10. The van der Waals surface area contributed by atoms with Crippen LogP contribution in [-0.4, -0.2) is 51.1 Å². The highest BCUT2D eigenvalue weighted by Gasteiger charge is 2.26. The topological polar surface area (TPSA) is 202 Å². The van der Waals surface area contributed by atoms with Crippen LogP contribution in [0.25, 0.3) is 0 Å². The van der Waals surface area contributed by atoms with E-state index in [1.165, 1.54) is 11.1 Å². The summed E-state index contributed by atoms with van der Waals surface area (Å²) in [6, 6.07) is 61.0. The molecule has 0 radical (unpaired) electrons. The molecule has 10 N–H and O–H groups in total. The molecule has 5 unspecified atom stereocenters. The predicted molar refractivity (Wildman–Crippen MR) is 425 cm³/mol. The summed E-state index contributed by atoms with van der Waals surface area (Å²) in [5, 5.41) is 108. The molecule has 0 aromatic heterocycles. The van der Waals surface area contributed by atoms with Gasteiger partial charge in [0, 0.05) is 32.1 Å². The van der Waals surface area contributed by atoms with E-state index >= 15 is 0 Å². The summed E-state index contributed by atoms with van der Waals surface area (Å²) in [7, 11) is 1.76. The normalized spacial score (nSPS) is 11.9. The van der Waals surface area contributed by atoms with E-state index in [2.05, 4.69) is 86.6 Å². The van der Waals surface area contributed by atoms with Crippen LogP contribution >= 0.6 is 42.9 Å². The number of aliphatic hydroxyl groups is 5. The van der Waals surface area contributed by atoms with Gasteiger partial charge in [-0.3, -0.25) is 0 Å². The third-order valence-electron chi connectivity index (χ3n) is 16.3. The van der Waals surface area contributed by atoms with Gasteiger partial charge in [-0.05, 0) is 165 Å². The molecule has 0 saturated heterocycles. The van der Waals surface area contributed by atoms with Crippen LogP contribution in [0, 0.1) is 41.5 Å². The van der Waals surface area contributed by atoms with Crippen molar-refractivity contribution in [1.29, 1.82) is 0 Å². The predicted octanol–water partition coefficient (Wildman–Crippen LogP) is 13.3. The molecule has 15 heteroatoms. The maximum absolute atomic E-state index is 10.9. The van der Waals surface area contributed by atoms with Gasteiger partial charge in [0.05, 0.1) is 33.0 Å². The van der Waals surface area contributed by atoms with Crippen LogP contribution in [-0.2, 0) is 49.3 Å². The van der Waals surface area contributed by atoms with Crippen molar-refractivity contribution in [3.05, 3.63) is 266 Å². The van der Waals surface area contributed by atoms with Gasteiger partial charge in [0.1, 0.15) is 28.7 Å².